The third kappa shape index (κ3) is 5.05. The Morgan fingerprint density at radius 3 is 2.50 bits per heavy atom. The maximum atomic E-state index is 12.5. The van der Waals surface area contributed by atoms with Crippen molar-refractivity contribution in [2.45, 2.75) is 6.61 Å². The van der Waals surface area contributed by atoms with Crippen LogP contribution in [0.1, 0.15) is 10.6 Å². The van der Waals surface area contributed by atoms with Crippen molar-refractivity contribution in [3.8, 4) is 17.1 Å². The van der Waals surface area contributed by atoms with Crippen LogP contribution in [-0.4, -0.2) is 17.6 Å². The number of carbonyl (C=O) groups excluding carboxylic acids is 1. The van der Waals surface area contributed by atoms with Crippen LogP contribution in [0.2, 0.25) is 5.02 Å². The molecule has 0 saturated carbocycles. The predicted molar refractivity (Wildman–Crippen MR) is 106 cm³/mol. The number of alkyl halides is 2. The van der Waals surface area contributed by atoms with E-state index in [1.54, 1.807) is 36.4 Å². The molecule has 144 valence electrons. The molecule has 3 rings (SSSR count). The highest BCUT2D eigenvalue weighted by molar-refractivity contribution is 7.80. The smallest absolute Gasteiger partial charge is 0.387 e. The topological polar surface area (TPSA) is 63.5 Å². The third-order valence-corrected chi connectivity index (χ3v) is 3.99. The zero-order valence-electron chi connectivity index (χ0n) is 14.1. The molecule has 0 bridgehead atoms. The average Bonchev–Trinajstić information content (AvgIpc) is 3.14. The Kier molecular flexibility index (Phi) is 6.23. The average molecular weight is 423 g/mol. The van der Waals surface area contributed by atoms with Crippen molar-refractivity contribution in [2.24, 2.45) is 0 Å². The SMILES string of the molecule is O=C(NC(=S)Nc1ccccc1OC(F)F)c1ccc(-c2ccc(Cl)cc2)o1. The summed E-state index contributed by atoms with van der Waals surface area (Å²) in [6.45, 7) is -2.99. The molecule has 1 aromatic heterocycles. The maximum absolute atomic E-state index is 12.5. The minimum Gasteiger partial charge on any atom is -0.451 e. The van der Waals surface area contributed by atoms with Gasteiger partial charge in [0.1, 0.15) is 11.5 Å². The van der Waals surface area contributed by atoms with Crippen molar-refractivity contribution in [2.75, 3.05) is 5.32 Å². The van der Waals surface area contributed by atoms with E-state index in [0.717, 1.165) is 5.56 Å². The summed E-state index contributed by atoms with van der Waals surface area (Å²) in [6, 6.07) is 16.0. The van der Waals surface area contributed by atoms with E-state index in [0.29, 0.717) is 10.8 Å². The van der Waals surface area contributed by atoms with Crippen LogP contribution >= 0.6 is 23.8 Å². The predicted octanol–water partition coefficient (Wildman–Crippen LogP) is 5.33. The maximum Gasteiger partial charge on any atom is 0.387 e. The number of benzene rings is 2. The number of thiocarbonyl (C=S) groups is 1. The molecule has 2 N–H and O–H groups in total. The summed E-state index contributed by atoms with van der Waals surface area (Å²) in [6.07, 6.45) is 0. The van der Waals surface area contributed by atoms with Crippen molar-refractivity contribution >= 4 is 40.5 Å². The first-order chi connectivity index (χ1) is 13.4. The third-order valence-electron chi connectivity index (χ3n) is 3.54. The van der Waals surface area contributed by atoms with Gasteiger partial charge in [0, 0.05) is 10.6 Å². The van der Waals surface area contributed by atoms with Crippen LogP contribution in [0, 0.1) is 0 Å². The molecule has 0 fully saturated rings. The Bertz CT molecular complexity index is 993. The van der Waals surface area contributed by atoms with Crippen molar-refractivity contribution in [3.63, 3.8) is 0 Å². The van der Waals surface area contributed by atoms with Gasteiger partial charge in [-0.15, -0.1) is 0 Å². The molecular weight excluding hydrogens is 410 g/mol. The number of amides is 1. The highest BCUT2D eigenvalue weighted by Gasteiger charge is 2.15. The second-order valence-electron chi connectivity index (χ2n) is 5.45. The Labute approximate surface area is 169 Å². The van der Waals surface area contributed by atoms with Crippen molar-refractivity contribution in [3.05, 3.63) is 71.4 Å². The number of para-hydroxylation sites is 2. The van der Waals surface area contributed by atoms with Crippen molar-refractivity contribution < 1.29 is 22.7 Å². The van der Waals surface area contributed by atoms with Gasteiger partial charge in [0.15, 0.2) is 10.9 Å². The lowest BCUT2D eigenvalue weighted by atomic mass is 10.2. The molecule has 5 nitrogen and oxygen atoms in total. The van der Waals surface area contributed by atoms with Gasteiger partial charge >= 0.3 is 6.61 Å². The molecule has 1 heterocycles. The summed E-state index contributed by atoms with van der Waals surface area (Å²) in [4.78, 5) is 12.3. The number of furan rings is 1. The summed E-state index contributed by atoms with van der Waals surface area (Å²) in [5, 5.41) is 5.56. The summed E-state index contributed by atoms with van der Waals surface area (Å²) in [5.74, 6) is -0.176. The van der Waals surface area contributed by atoms with Crippen LogP contribution in [0.4, 0.5) is 14.5 Å². The van der Waals surface area contributed by atoms with E-state index in [4.69, 9.17) is 28.2 Å². The minimum atomic E-state index is -2.99. The summed E-state index contributed by atoms with van der Waals surface area (Å²) in [5.41, 5.74) is 0.941. The molecule has 0 radical (unpaired) electrons. The number of rotatable bonds is 5. The zero-order chi connectivity index (χ0) is 20.1. The fourth-order valence-corrected chi connectivity index (χ4v) is 2.64. The summed E-state index contributed by atoms with van der Waals surface area (Å²) < 4.78 is 34.9. The van der Waals surface area contributed by atoms with Gasteiger partial charge in [-0.3, -0.25) is 10.1 Å². The second kappa shape index (κ2) is 8.81. The molecular formula is C19H13ClF2N2O3S. The first-order valence-corrected chi connectivity index (χ1v) is 8.73. The number of carbonyl (C=O) groups is 1. The number of halogens is 3. The molecule has 0 saturated heterocycles. The standard InChI is InChI=1S/C19H13ClF2N2O3S/c20-12-7-5-11(6-8-12)14-9-10-16(26-14)17(25)24-19(28)23-13-3-1-2-4-15(13)27-18(21)22/h1-10,18H,(H2,23,24,25,28). The lowest BCUT2D eigenvalue weighted by Crippen LogP contribution is -2.34. The Morgan fingerprint density at radius 2 is 1.79 bits per heavy atom. The summed E-state index contributed by atoms with van der Waals surface area (Å²) >= 11 is 10.9. The molecule has 2 aromatic carbocycles. The number of nitrogens with one attached hydrogen (secondary N) is 2. The van der Waals surface area contributed by atoms with Gasteiger partial charge in [0.25, 0.3) is 5.91 Å². The highest BCUT2D eigenvalue weighted by Crippen LogP contribution is 2.26. The van der Waals surface area contributed by atoms with E-state index in [-0.39, 0.29) is 22.3 Å². The van der Waals surface area contributed by atoms with Crippen LogP contribution in [-0.2, 0) is 0 Å². The number of anilines is 1. The molecule has 0 aliphatic carbocycles. The normalized spacial score (nSPS) is 10.6. The van der Waals surface area contributed by atoms with Crippen LogP contribution < -0.4 is 15.4 Å². The molecule has 28 heavy (non-hydrogen) atoms. The van der Waals surface area contributed by atoms with Gasteiger partial charge in [0.05, 0.1) is 5.69 Å². The van der Waals surface area contributed by atoms with E-state index >= 15 is 0 Å². The molecule has 0 aliphatic rings. The Morgan fingerprint density at radius 1 is 1.07 bits per heavy atom. The molecule has 9 heteroatoms. The van der Waals surface area contributed by atoms with Gasteiger partial charge in [-0.2, -0.15) is 8.78 Å². The molecule has 0 unspecified atom stereocenters. The van der Waals surface area contributed by atoms with Gasteiger partial charge in [0.2, 0.25) is 0 Å². The second-order valence-corrected chi connectivity index (χ2v) is 6.30. The van der Waals surface area contributed by atoms with Crippen LogP contribution in [0.25, 0.3) is 11.3 Å². The van der Waals surface area contributed by atoms with E-state index in [1.165, 1.54) is 24.3 Å². The van der Waals surface area contributed by atoms with Gasteiger partial charge in [-0.25, -0.2) is 0 Å². The number of hydrogen-bond donors (Lipinski definition) is 2. The number of ether oxygens (including phenoxy) is 1. The first kappa shape index (κ1) is 19.8. The molecule has 0 atom stereocenters. The highest BCUT2D eigenvalue weighted by atomic mass is 35.5. The summed E-state index contributed by atoms with van der Waals surface area (Å²) in [7, 11) is 0. The Hall–Kier alpha value is -2.97. The monoisotopic (exact) mass is 422 g/mol. The van der Waals surface area contributed by atoms with E-state index < -0.39 is 12.5 Å². The van der Waals surface area contributed by atoms with Crippen molar-refractivity contribution in [1.82, 2.24) is 5.32 Å². The fraction of sp³-hybridized carbons (Fsp3) is 0.0526. The Balaban J connectivity index is 1.65. The van der Waals surface area contributed by atoms with Crippen LogP contribution in [0.3, 0.4) is 0 Å². The number of hydrogen-bond acceptors (Lipinski definition) is 4. The van der Waals surface area contributed by atoms with Crippen LogP contribution in [0.15, 0.2) is 65.1 Å². The molecule has 0 aliphatic heterocycles. The quantitative estimate of drug-likeness (QED) is 0.544. The van der Waals surface area contributed by atoms with Crippen molar-refractivity contribution in [1.29, 1.82) is 0 Å². The van der Waals surface area contributed by atoms with E-state index in [2.05, 4.69) is 15.4 Å². The first-order valence-electron chi connectivity index (χ1n) is 7.94. The lowest BCUT2D eigenvalue weighted by molar-refractivity contribution is -0.0493. The van der Waals surface area contributed by atoms with Crippen LogP contribution in [0.5, 0.6) is 5.75 Å². The van der Waals surface area contributed by atoms with Gasteiger partial charge < -0.3 is 14.5 Å². The van der Waals surface area contributed by atoms with Gasteiger partial charge in [-0.1, -0.05) is 23.7 Å². The van der Waals surface area contributed by atoms with E-state index in [1.807, 2.05) is 0 Å². The lowest BCUT2D eigenvalue weighted by Gasteiger charge is -2.13. The molecule has 3 aromatic rings. The van der Waals surface area contributed by atoms with Gasteiger partial charge in [-0.05, 0) is 60.7 Å². The van der Waals surface area contributed by atoms with E-state index in [9.17, 15) is 13.6 Å². The largest absolute Gasteiger partial charge is 0.451 e. The zero-order valence-corrected chi connectivity index (χ0v) is 15.7. The molecule has 0 spiro atoms. The fourth-order valence-electron chi connectivity index (χ4n) is 2.32. The minimum absolute atomic E-state index is 0.0335. The molecule has 1 amide bonds.